The van der Waals surface area contributed by atoms with E-state index in [2.05, 4.69) is 47.6 Å². The Balaban J connectivity index is 1.58. The lowest BCUT2D eigenvalue weighted by Gasteiger charge is -2.12. The van der Waals surface area contributed by atoms with E-state index in [1.807, 2.05) is 47.0 Å². The molecule has 1 heterocycles. The van der Waals surface area contributed by atoms with Crippen molar-refractivity contribution in [3.8, 4) is 11.8 Å². The number of hydrogen-bond donors (Lipinski definition) is 1. The zero-order valence-electron chi connectivity index (χ0n) is 16.4. The molecule has 7 heteroatoms. The van der Waals surface area contributed by atoms with Crippen molar-refractivity contribution in [2.75, 3.05) is 5.75 Å². The average Bonchev–Trinajstić information content (AvgIpc) is 3.21. The Labute approximate surface area is 175 Å². The molecule has 0 aliphatic heterocycles. The first-order chi connectivity index (χ1) is 14.1. The van der Waals surface area contributed by atoms with Crippen molar-refractivity contribution in [1.29, 1.82) is 5.26 Å². The van der Waals surface area contributed by atoms with Crippen LogP contribution in [-0.4, -0.2) is 32.5 Å². The summed E-state index contributed by atoms with van der Waals surface area (Å²) in [6.07, 6.45) is 2.12. The minimum atomic E-state index is -0.563. The van der Waals surface area contributed by atoms with E-state index in [9.17, 15) is 10.1 Å². The molecule has 0 saturated carbocycles. The minimum absolute atomic E-state index is 0.162. The van der Waals surface area contributed by atoms with E-state index in [4.69, 9.17) is 0 Å². The topological polar surface area (TPSA) is 83.6 Å². The summed E-state index contributed by atoms with van der Waals surface area (Å²) in [4.78, 5) is 12.3. The second kappa shape index (κ2) is 9.89. The maximum Gasteiger partial charge on any atom is 0.231 e. The highest BCUT2D eigenvalue weighted by atomic mass is 32.2. The Bertz CT molecular complexity index is 976. The summed E-state index contributed by atoms with van der Waals surface area (Å²) in [7, 11) is 0. The van der Waals surface area contributed by atoms with Gasteiger partial charge in [0.15, 0.2) is 5.16 Å². The van der Waals surface area contributed by atoms with Crippen molar-refractivity contribution in [2.45, 2.75) is 37.4 Å². The molecule has 0 bridgehead atoms. The molecule has 1 atom stereocenters. The number of rotatable bonds is 8. The maximum absolute atomic E-state index is 12.3. The van der Waals surface area contributed by atoms with Crippen LogP contribution in [0.4, 0.5) is 0 Å². The van der Waals surface area contributed by atoms with Gasteiger partial charge in [-0.3, -0.25) is 9.36 Å². The van der Waals surface area contributed by atoms with Crippen molar-refractivity contribution >= 4 is 17.7 Å². The molecule has 3 rings (SSSR count). The van der Waals surface area contributed by atoms with Crippen molar-refractivity contribution in [3.05, 3.63) is 72.1 Å². The maximum atomic E-state index is 12.3. The molecular formula is C22H23N5OS. The third kappa shape index (κ3) is 5.69. The number of nitrogens with one attached hydrogen (secondary N) is 1. The number of carbonyl (C=O) groups is 1. The Morgan fingerprint density at radius 1 is 1.17 bits per heavy atom. The third-order valence-electron chi connectivity index (χ3n) is 4.46. The second-order valence-electron chi connectivity index (χ2n) is 6.96. The summed E-state index contributed by atoms with van der Waals surface area (Å²) >= 11 is 1.29. The smallest absolute Gasteiger partial charge is 0.231 e. The van der Waals surface area contributed by atoms with Crippen LogP contribution in [0.25, 0.3) is 5.69 Å². The highest BCUT2D eigenvalue weighted by Crippen LogP contribution is 2.21. The van der Waals surface area contributed by atoms with E-state index in [0.29, 0.717) is 17.5 Å². The average molecular weight is 406 g/mol. The van der Waals surface area contributed by atoms with E-state index in [0.717, 1.165) is 11.3 Å². The van der Waals surface area contributed by atoms with Crippen LogP contribution in [0.3, 0.4) is 0 Å². The van der Waals surface area contributed by atoms with Gasteiger partial charge in [-0.1, -0.05) is 68.1 Å². The summed E-state index contributed by atoms with van der Waals surface area (Å²) in [5.74, 6) is 0.420. The summed E-state index contributed by atoms with van der Waals surface area (Å²) in [5, 5.41) is 20.9. The van der Waals surface area contributed by atoms with Crippen molar-refractivity contribution in [1.82, 2.24) is 20.1 Å². The predicted molar refractivity (Wildman–Crippen MR) is 114 cm³/mol. The number of nitriles is 1. The fourth-order valence-corrected chi connectivity index (χ4v) is 3.60. The molecule has 1 N–H and O–H groups in total. The standard InChI is InChI=1S/C22H23N5OS/c1-16(2)18-8-10-20(11-9-18)27-15-24-26-22(27)29-14-21(28)25-19(13-23)12-17-6-4-3-5-7-17/h3-11,15-16,19H,12,14H2,1-2H3,(H,25,28)/t19-/m1/s1. The lowest BCUT2D eigenvalue weighted by molar-refractivity contribution is -0.118. The molecular weight excluding hydrogens is 382 g/mol. The van der Waals surface area contributed by atoms with Crippen LogP contribution in [0.2, 0.25) is 0 Å². The van der Waals surface area contributed by atoms with Gasteiger partial charge >= 0.3 is 0 Å². The van der Waals surface area contributed by atoms with Gasteiger partial charge < -0.3 is 5.32 Å². The van der Waals surface area contributed by atoms with E-state index >= 15 is 0 Å². The molecule has 148 valence electrons. The number of hydrogen-bond acceptors (Lipinski definition) is 5. The van der Waals surface area contributed by atoms with Crippen LogP contribution >= 0.6 is 11.8 Å². The second-order valence-corrected chi connectivity index (χ2v) is 7.90. The first kappa shape index (κ1) is 20.6. The van der Waals surface area contributed by atoms with Crippen LogP contribution in [-0.2, 0) is 11.2 Å². The normalized spacial score (nSPS) is 11.8. The van der Waals surface area contributed by atoms with Crippen molar-refractivity contribution < 1.29 is 4.79 Å². The number of carbonyl (C=O) groups excluding carboxylic acids is 1. The van der Waals surface area contributed by atoms with Gasteiger partial charge in [0.2, 0.25) is 5.91 Å². The quantitative estimate of drug-likeness (QED) is 0.577. The molecule has 0 aliphatic carbocycles. The molecule has 0 saturated heterocycles. The number of amides is 1. The summed E-state index contributed by atoms with van der Waals surface area (Å²) < 4.78 is 1.85. The fraction of sp³-hybridized carbons (Fsp3) is 0.273. The van der Waals surface area contributed by atoms with Crippen molar-refractivity contribution in [3.63, 3.8) is 0 Å². The molecule has 0 fully saturated rings. The molecule has 29 heavy (non-hydrogen) atoms. The van der Waals surface area contributed by atoms with Crippen LogP contribution in [0.5, 0.6) is 0 Å². The molecule has 0 radical (unpaired) electrons. The highest BCUT2D eigenvalue weighted by molar-refractivity contribution is 7.99. The van der Waals surface area contributed by atoms with E-state index < -0.39 is 6.04 Å². The zero-order valence-corrected chi connectivity index (χ0v) is 17.3. The Hall–Kier alpha value is -3.11. The Kier molecular flexibility index (Phi) is 7.04. The van der Waals surface area contributed by atoms with Gasteiger partial charge in [0.25, 0.3) is 0 Å². The Morgan fingerprint density at radius 2 is 1.90 bits per heavy atom. The monoisotopic (exact) mass is 405 g/mol. The number of aromatic nitrogens is 3. The van der Waals surface area contributed by atoms with Crippen LogP contribution < -0.4 is 5.32 Å². The molecule has 0 spiro atoms. The highest BCUT2D eigenvalue weighted by Gasteiger charge is 2.15. The largest absolute Gasteiger partial charge is 0.339 e. The summed E-state index contributed by atoms with van der Waals surface area (Å²) in [6.45, 7) is 4.31. The van der Waals surface area contributed by atoms with Gasteiger partial charge in [-0.05, 0) is 29.2 Å². The van der Waals surface area contributed by atoms with E-state index in [-0.39, 0.29) is 11.7 Å². The lowest BCUT2D eigenvalue weighted by Crippen LogP contribution is -2.36. The lowest BCUT2D eigenvalue weighted by atomic mass is 10.0. The van der Waals surface area contributed by atoms with E-state index in [1.165, 1.54) is 17.3 Å². The fourth-order valence-electron chi connectivity index (χ4n) is 2.86. The van der Waals surface area contributed by atoms with Gasteiger partial charge in [0.1, 0.15) is 12.4 Å². The molecule has 0 unspecified atom stereocenters. The number of benzene rings is 2. The predicted octanol–water partition coefficient (Wildman–Crippen LogP) is 3.73. The molecule has 1 aromatic heterocycles. The number of nitrogens with zero attached hydrogens (tertiary/aromatic N) is 4. The minimum Gasteiger partial charge on any atom is -0.339 e. The van der Waals surface area contributed by atoms with Crippen LogP contribution in [0.15, 0.2) is 66.1 Å². The van der Waals surface area contributed by atoms with Gasteiger partial charge in [-0.25, -0.2) is 0 Å². The van der Waals surface area contributed by atoms with E-state index in [1.54, 1.807) is 6.33 Å². The van der Waals surface area contributed by atoms with Gasteiger partial charge in [0, 0.05) is 12.1 Å². The molecule has 3 aromatic rings. The molecule has 6 nitrogen and oxygen atoms in total. The Morgan fingerprint density at radius 3 is 2.55 bits per heavy atom. The van der Waals surface area contributed by atoms with Crippen molar-refractivity contribution in [2.24, 2.45) is 0 Å². The third-order valence-corrected chi connectivity index (χ3v) is 5.40. The summed E-state index contributed by atoms with van der Waals surface area (Å²) in [5.41, 5.74) is 3.22. The summed E-state index contributed by atoms with van der Waals surface area (Å²) in [6, 6.07) is 19.5. The SMILES string of the molecule is CC(C)c1ccc(-n2cnnc2SCC(=O)N[C@@H](C#N)Cc2ccccc2)cc1. The molecule has 1 amide bonds. The van der Waals surface area contributed by atoms with Crippen LogP contribution in [0, 0.1) is 11.3 Å². The van der Waals surface area contributed by atoms with Gasteiger partial charge in [-0.2, -0.15) is 5.26 Å². The van der Waals surface area contributed by atoms with Gasteiger partial charge in [-0.15, -0.1) is 10.2 Å². The molecule has 0 aliphatic rings. The van der Waals surface area contributed by atoms with Crippen LogP contribution in [0.1, 0.15) is 30.9 Å². The first-order valence-corrected chi connectivity index (χ1v) is 10.4. The zero-order chi connectivity index (χ0) is 20.6. The first-order valence-electron chi connectivity index (χ1n) is 9.43. The molecule has 2 aromatic carbocycles. The van der Waals surface area contributed by atoms with Gasteiger partial charge in [0.05, 0.1) is 11.8 Å². The number of thioether (sulfide) groups is 1.